The molecule has 0 saturated heterocycles. The Balaban J connectivity index is 1.79. The first-order valence-electron chi connectivity index (χ1n) is 16.0. The lowest BCUT2D eigenvalue weighted by molar-refractivity contribution is -0.399. The average molecular weight is 954 g/mol. The highest BCUT2D eigenvalue weighted by atomic mass is 19.4. The van der Waals surface area contributed by atoms with Gasteiger partial charge in [0, 0.05) is 23.5 Å². The quantitative estimate of drug-likeness (QED) is 0.110. The molecule has 0 aromatic heterocycles. The van der Waals surface area contributed by atoms with Gasteiger partial charge >= 0.3 is 60.2 Å². The minimum Gasteiger partial charge on any atom is -0.457 e. The highest BCUT2D eigenvalue weighted by Gasteiger charge is 2.83. The van der Waals surface area contributed by atoms with Crippen LogP contribution in [0, 0.1) is 0 Å². The van der Waals surface area contributed by atoms with Crippen LogP contribution in [0.3, 0.4) is 0 Å². The Kier molecular flexibility index (Phi) is 12.1. The van der Waals surface area contributed by atoms with Crippen molar-refractivity contribution >= 4 is 11.4 Å². The van der Waals surface area contributed by atoms with Gasteiger partial charge in [-0.15, -0.1) is 0 Å². The van der Waals surface area contributed by atoms with Crippen LogP contribution in [0.1, 0.15) is 22.3 Å². The standard InChI is InChI=1S/C35H18F24N2O2/c36-26(37,28(40,41)30(44,45)34(54,55)56)21-11-5-17(60)13-23(21)62-19-7-1-15(2-8-19)25(32(48,49)50,33(51,52)53)16-3-9-20(10-4-16)63-24-14-18(61)6-12-22(24)27(38,39)29(42,43)31(46,47)35(57,58)59/h1-14H,60-61H2. The highest BCUT2D eigenvalue weighted by Crippen LogP contribution is 2.61. The molecule has 0 heterocycles. The van der Waals surface area contributed by atoms with Gasteiger partial charge in [-0.1, -0.05) is 24.3 Å². The fourth-order valence-corrected chi connectivity index (χ4v) is 5.64. The zero-order chi connectivity index (χ0) is 48.6. The Morgan fingerprint density at radius 2 is 0.587 bits per heavy atom. The summed E-state index contributed by atoms with van der Waals surface area (Å²) in [5.41, 5.74) is -4.61. The van der Waals surface area contributed by atoms with Crippen LogP contribution in [-0.2, 0) is 17.3 Å². The first-order chi connectivity index (χ1) is 28.1. The lowest BCUT2D eigenvalue weighted by atomic mass is 9.73. The molecule has 0 amide bonds. The van der Waals surface area contributed by atoms with Gasteiger partial charge < -0.3 is 20.9 Å². The van der Waals surface area contributed by atoms with Gasteiger partial charge in [0.05, 0.1) is 11.1 Å². The van der Waals surface area contributed by atoms with Crippen LogP contribution in [0.15, 0.2) is 84.9 Å². The van der Waals surface area contributed by atoms with Crippen molar-refractivity contribution in [3.8, 4) is 23.0 Å². The first kappa shape index (κ1) is 50.0. The zero-order valence-electron chi connectivity index (χ0n) is 29.6. The Bertz CT molecular complexity index is 2120. The molecule has 0 fully saturated rings. The number of benzene rings is 4. The maximum absolute atomic E-state index is 14.9. The van der Waals surface area contributed by atoms with E-state index in [-0.39, 0.29) is 72.8 Å². The molecule has 28 heteroatoms. The van der Waals surface area contributed by atoms with Crippen molar-refractivity contribution in [2.75, 3.05) is 11.5 Å². The summed E-state index contributed by atoms with van der Waals surface area (Å²) >= 11 is 0. The maximum Gasteiger partial charge on any atom is 0.460 e. The maximum atomic E-state index is 14.9. The van der Waals surface area contributed by atoms with E-state index in [2.05, 4.69) is 0 Å². The Labute approximate surface area is 333 Å². The van der Waals surface area contributed by atoms with E-state index in [0.29, 0.717) is 12.1 Å². The van der Waals surface area contributed by atoms with Gasteiger partial charge in [-0.3, -0.25) is 0 Å². The smallest absolute Gasteiger partial charge is 0.457 e. The molecule has 0 bridgehead atoms. The number of nitrogens with two attached hydrogens (primary N) is 2. The molecule has 0 saturated carbocycles. The number of rotatable bonds is 12. The second-order valence-corrected chi connectivity index (χ2v) is 13.0. The summed E-state index contributed by atoms with van der Waals surface area (Å²) < 4.78 is 345. The van der Waals surface area contributed by atoms with Crippen LogP contribution in [0.2, 0.25) is 0 Å². The van der Waals surface area contributed by atoms with Crippen LogP contribution < -0.4 is 20.9 Å². The molecule has 0 aliphatic rings. The van der Waals surface area contributed by atoms with E-state index in [9.17, 15) is 105 Å². The van der Waals surface area contributed by atoms with Gasteiger partial charge in [-0.05, 0) is 59.7 Å². The summed E-state index contributed by atoms with van der Waals surface area (Å²) in [5, 5.41) is 0. The molecular formula is C35H18F24N2O2. The predicted molar refractivity (Wildman–Crippen MR) is 167 cm³/mol. The molecule has 0 radical (unpaired) electrons. The molecule has 0 atom stereocenters. The molecule has 0 aliphatic carbocycles. The summed E-state index contributed by atoms with van der Waals surface area (Å²) in [6.45, 7) is 0. The number of ether oxygens (including phenoxy) is 2. The SMILES string of the molecule is Nc1ccc(C(F)(F)C(F)(F)C(F)(F)C(F)(F)F)c(Oc2ccc(C(c3ccc(Oc4cc(N)ccc4C(F)(F)C(F)(F)C(F)(F)C(F)(F)F)cc3)(C(F)(F)F)C(F)(F)F)cc2)c1. The van der Waals surface area contributed by atoms with E-state index >= 15 is 0 Å². The third kappa shape index (κ3) is 8.00. The number of hydrogen-bond acceptors (Lipinski definition) is 4. The van der Waals surface area contributed by atoms with Gasteiger partial charge in [-0.2, -0.15) is 105 Å². The summed E-state index contributed by atoms with van der Waals surface area (Å²) in [6.07, 6.45) is -27.5. The summed E-state index contributed by atoms with van der Waals surface area (Å²) in [5.74, 6) is -48.2. The normalized spacial score (nSPS) is 14.5. The number of anilines is 2. The second kappa shape index (κ2) is 15.3. The van der Waals surface area contributed by atoms with Crippen LogP contribution >= 0.6 is 0 Å². The van der Waals surface area contributed by atoms with Gasteiger partial charge in [-0.25, -0.2) is 0 Å². The highest BCUT2D eigenvalue weighted by molar-refractivity contribution is 5.55. The summed E-state index contributed by atoms with van der Waals surface area (Å²) in [4.78, 5) is 0. The van der Waals surface area contributed by atoms with Crippen LogP contribution in [-0.4, -0.2) is 48.4 Å². The van der Waals surface area contributed by atoms with Crippen LogP contribution in [0.4, 0.5) is 117 Å². The Morgan fingerprint density at radius 1 is 0.317 bits per heavy atom. The number of halogens is 24. The van der Waals surface area contributed by atoms with Crippen LogP contribution in [0.5, 0.6) is 23.0 Å². The molecule has 0 unspecified atom stereocenters. The number of hydrogen-bond donors (Lipinski definition) is 2. The van der Waals surface area contributed by atoms with Crippen molar-refractivity contribution in [2.24, 2.45) is 0 Å². The van der Waals surface area contributed by atoms with Crippen molar-refractivity contribution < 1.29 is 115 Å². The van der Waals surface area contributed by atoms with E-state index in [0.717, 1.165) is 0 Å². The molecule has 4 N–H and O–H groups in total. The Morgan fingerprint density at radius 3 is 0.825 bits per heavy atom. The van der Waals surface area contributed by atoms with Gasteiger partial charge in [0.2, 0.25) is 5.41 Å². The lowest BCUT2D eigenvalue weighted by Crippen LogP contribution is -2.59. The molecule has 4 rings (SSSR count). The fourth-order valence-electron chi connectivity index (χ4n) is 5.64. The van der Waals surface area contributed by atoms with Crippen molar-refractivity contribution in [1.29, 1.82) is 0 Å². The molecular weight excluding hydrogens is 936 g/mol. The van der Waals surface area contributed by atoms with E-state index in [1.807, 2.05) is 0 Å². The Hall–Kier alpha value is -5.60. The molecule has 0 aliphatic heterocycles. The zero-order valence-corrected chi connectivity index (χ0v) is 29.6. The van der Waals surface area contributed by atoms with Crippen molar-refractivity contribution in [3.05, 3.63) is 107 Å². The molecule has 348 valence electrons. The molecule has 4 nitrogen and oxygen atoms in total. The van der Waals surface area contributed by atoms with Gasteiger partial charge in [0.15, 0.2) is 0 Å². The van der Waals surface area contributed by atoms with E-state index in [1.54, 1.807) is 0 Å². The molecule has 0 spiro atoms. The predicted octanol–water partition coefficient (Wildman–Crippen LogP) is 13.7. The minimum absolute atomic E-state index is 0.0742. The van der Waals surface area contributed by atoms with E-state index in [4.69, 9.17) is 20.9 Å². The topological polar surface area (TPSA) is 70.5 Å². The largest absolute Gasteiger partial charge is 0.460 e. The molecule has 4 aromatic rings. The van der Waals surface area contributed by atoms with Crippen molar-refractivity contribution in [1.82, 2.24) is 0 Å². The molecule has 4 aromatic carbocycles. The number of nitrogen functional groups attached to an aromatic ring is 2. The summed E-state index contributed by atoms with van der Waals surface area (Å²) in [6, 6.07) is 0.620. The van der Waals surface area contributed by atoms with Crippen LogP contribution in [0.25, 0.3) is 0 Å². The third-order valence-corrected chi connectivity index (χ3v) is 8.86. The second-order valence-electron chi connectivity index (χ2n) is 13.0. The van der Waals surface area contributed by atoms with E-state index < -0.39 is 122 Å². The average Bonchev–Trinajstić information content (AvgIpc) is 3.10. The van der Waals surface area contributed by atoms with Crippen molar-refractivity contribution in [3.63, 3.8) is 0 Å². The lowest BCUT2D eigenvalue weighted by Gasteiger charge is -2.38. The third-order valence-electron chi connectivity index (χ3n) is 8.86. The van der Waals surface area contributed by atoms with E-state index in [1.165, 1.54) is 0 Å². The fraction of sp³-hybridized carbons (Fsp3) is 0.314. The van der Waals surface area contributed by atoms with Crippen molar-refractivity contribution in [2.45, 2.75) is 65.7 Å². The number of alkyl halides is 24. The minimum atomic E-state index is -7.42. The summed E-state index contributed by atoms with van der Waals surface area (Å²) in [7, 11) is 0. The molecule has 63 heavy (non-hydrogen) atoms. The van der Waals surface area contributed by atoms with Gasteiger partial charge in [0.25, 0.3) is 0 Å². The first-order valence-corrected chi connectivity index (χ1v) is 16.0. The monoisotopic (exact) mass is 954 g/mol. The van der Waals surface area contributed by atoms with Gasteiger partial charge in [0.1, 0.15) is 23.0 Å².